The molecule has 0 saturated carbocycles. The van der Waals surface area contributed by atoms with Crippen molar-refractivity contribution in [3.63, 3.8) is 0 Å². The summed E-state index contributed by atoms with van der Waals surface area (Å²) < 4.78 is 14.2. The quantitative estimate of drug-likeness (QED) is 0.722. The van der Waals surface area contributed by atoms with Gasteiger partial charge in [-0.15, -0.1) is 0 Å². The molecule has 0 saturated heterocycles. The van der Waals surface area contributed by atoms with E-state index in [2.05, 4.69) is 31.9 Å². The molecule has 0 atom stereocenters. The van der Waals surface area contributed by atoms with Crippen molar-refractivity contribution >= 4 is 31.9 Å². The third-order valence-electron chi connectivity index (χ3n) is 1.80. The summed E-state index contributed by atoms with van der Waals surface area (Å²) in [5.41, 5.74) is 1.80. The highest BCUT2D eigenvalue weighted by molar-refractivity contribution is 9.10. The molecule has 0 nitrogen and oxygen atoms in total. The summed E-state index contributed by atoms with van der Waals surface area (Å²) in [6.07, 6.45) is 0.847. The SMILES string of the molecule is CCc1c(Br)ccc(F)c1CBr. The van der Waals surface area contributed by atoms with Gasteiger partial charge in [0, 0.05) is 15.4 Å². The van der Waals surface area contributed by atoms with Crippen LogP contribution in [0.5, 0.6) is 0 Å². The van der Waals surface area contributed by atoms with Gasteiger partial charge in [-0.25, -0.2) is 4.39 Å². The van der Waals surface area contributed by atoms with Gasteiger partial charge < -0.3 is 0 Å². The van der Waals surface area contributed by atoms with E-state index < -0.39 is 0 Å². The summed E-state index contributed by atoms with van der Waals surface area (Å²) >= 11 is 6.67. The smallest absolute Gasteiger partial charge is 0.127 e. The average molecular weight is 296 g/mol. The van der Waals surface area contributed by atoms with E-state index in [0.717, 1.165) is 22.0 Å². The Morgan fingerprint density at radius 1 is 1.33 bits per heavy atom. The van der Waals surface area contributed by atoms with Crippen LogP contribution in [0.1, 0.15) is 18.1 Å². The number of hydrogen-bond acceptors (Lipinski definition) is 0. The maximum atomic E-state index is 13.2. The van der Waals surface area contributed by atoms with E-state index in [9.17, 15) is 4.39 Å². The zero-order chi connectivity index (χ0) is 9.14. The largest absolute Gasteiger partial charge is 0.207 e. The predicted molar refractivity (Wildman–Crippen MR) is 56.1 cm³/mol. The van der Waals surface area contributed by atoms with Gasteiger partial charge in [0.25, 0.3) is 0 Å². The number of halogens is 3. The first kappa shape index (κ1) is 10.2. The molecule has 1 aromatic carbocycles. The highest BCUT2D eigenvalue weighted by Crippen LogP contribution is 2.25. The van der Waals surface area contributed by atoms with Crippen LogP contribution in [0, 0.1) is 5.82 Å². The second-order valence-corrected chi connectivity index (χ2v) is 3.89. The summed E-state index contributed by atoms with van der Waals surface area (Å²) in [5.74, 6) is -0.132. The van der Waals surface area contributed by atoms with Crippen LogP contribution in [0.25, 0.3) is 0 Å². The molecule has 66 valence electrons. The fourth-order valence-electron chi connectivity index (χ4n) is 1.16. The van der Waals surface area contributed by atoms with Gasteiger partial charge in [-0.2, -0.15) is 0 Å². The Balaban J connectivity index is 3.28. The monoisotopic (exact) mass is 294 g/mol. The molecule has 12 heavy (non-hydrogen) atoms. The van der Waals surface area contributed by atoms with Crippen molar-refractivity contribution in [1.29, 1.82) is 0 Å². The van der Waals surface area contributed by atoms with E-state index in [4.69, 9.17) is 0 Å². The van der Waals surface area contributed by atoms with E-state index in [1.165, 1.54) is 6.07 Å². The average Bonchev–Trinajstić information content (AvgIpc) is 2.08. The van der Waals surface area contributed by atoms with Crippen LogP contribution in [0.3, 0.4) is 0 Å². The third-order valence-corrected chi connectivity index (χ3v) is 3.11. The van der Waals surface area contributed by atoms with Crippen molar-refractivity contribution < 1.29 is 4.39 Å². The lowest BCUT2D eigenvalue weighted by atomic mass is 10.1. The molecule has 0 aliphatic heterocycles. The molecular weight excluding hydrogens is 287 g/mol. The summed E-state index contributed by atoms with van der Waals surface area (Å²) in [5, 5.41) is 0.571. The summed E-state index contributed by atoms with van der Waals surface area (Å²) in [7, 11) is 0. The lowest BCUT2D eigenvalue weighted by Crippen LogP contribution is -1.95. The summed E-state index contributed by atoms with van der Waals surface area (Å²) in [6.45, 7) is 2.02. The van der Waals surface area contributed by atoms with Gasteiger partial charge in [0.15, 0.2) is 0 Å². The maximum Gasteiger partial charge on any atom is 0.127 e. The van der Waals surface area contributed by atoms with Crippen LogP contribution in [0.15, 0.2) is 16.6 Å². The van der Waals surface area contributed by atoms with Crippen LogP contribution in [-0.4, -0.2) is 0 Å². The Kier molecular flexibility index (Phi) is 3.72. The van der Waals surface area contributed by atoms with E-state index >= 15 is 0 Å². The van der Waals surface area contributed by atoms with Crippen molar-refractivity contribution in [3.8, 4) is 0 Å². The molecule has 0 aliphatic rings. The molecule has 0 aromatic heterocycles. The predicted octanol–water partition coefficient (Wildman–Crippen LogP) is 4.05. The number of benzene rings is 1. The van der Waals surface area contributed by atoms with Crippen molar-refractivity contribution in [2.45, 2.75) is 18.7 Å². The third kappa shape index (κ3) is 1.88. The van der Waals surface area contributed by atoms with Gasteiger partial charge in [0.05, 0.1) is 0 Å². The summed E-state index contributed by atoms with van der Waals surface area (Å²) in [4.78, 5) is 0. The minimum Gasteiger partial charge on any atom is -0.207 e. The molecule has 3 heteroatoms. The van der Waals surface area contributed by atoms with E-state index in [1.807, 2.05) is 6.92 Å². The van der Waals surface area contributed by atoms with Crippen LogP contribution in [0.2, 0.25) is 0 Å². The lowest BCUT2D eigenvalue weighted by Gasteiger charge is -2.07. The number of alkyl halides is 1. The Morgan fingerprint density at radius 3 is 2.42 bits per heavy atom. The van der Waals surface area contributed by atoms with Crippen LogP contribution in [0.4, 0.5) is 4.39 Å². The molecule has 0 unspecified atom stereocenters. The molecule has 0 spiro atoms. The molecular formula is C9H9Br2F. The van der Waals surface area contributed by atoms with Gasteiger partial charge in [0.1, 0.15) is 5.82 Å². The fourth-order valence-corrected chi connectivity index (χ4v) is 2.42. The maximum absolute atomic E-state index is 13.2. The minimum atomic E-state index is -0.132. The van der Waals surface area contributed by atoms with Crippen molar-refractivity contribution in [2.75, 3.05) is 0 Å². The highest BCUT2D eigenvalue weighted by atomic mass is 79.9. The van der Waals surface area contributed by atoms with Gasteiger partial charge in [-0.1, -0.05) is 38.8 Å². The Hall–Kier alpha value is 0.110. The summed E-state index contributed by atoms with van der Waals surface area (Å²) in [6, 6.07) is 3.24. The lowest BCUT2D eigenvalue weighted by molar-refractivity contribution is 0.614. The number of hydrogen-bond donors (Lipinski definition) is 0. The molecule has 1 rings (SSSR count). The normalized spacial score (nSPS) is 10.3. The standard InChI is InChI=1S/C9H9Br2F/c1-2-6-7(5-10)9(12)4-3-8(6)11/h3-4H,2,5H2,1H3. The van der Waals surface area contributed by atoms with Gasteiger partial charge in [0.2, 0.25) is 0 Å². The van der Waals surface area contributed by atoms with Crippen LogP contribution in [-0.2, 0) is 11.8 Å². The Morgan fingerprint density at radius 2 is 2.00 bits per heavy atom. The molecule has 1 aromatic rings. The van der Waals surface area contributed by atoms with Crippen LogP contribution >= 0.6 is 31.9 Å². The van der Waals surface area contributed by atoms with Crippen LogP contribution < -0.4 is 0 Å². The first-order valence-electron chi connectivity index (χ1n) is 3.72. The fraction of sp³-hybridized carbons (Fsp3) is 0.333. The Labute approximate surface area is 88.4 Å². The van der Waals surface area contributed by atoms with Gasteiger partial charge in [-0.3, -0.25) is 0 Å². The molecule has 0 aliphatic carbocycles. The molecule has 0 radical (unpaired) electrons. The first-order valence-corrected chi connectivity index (χ1v) is 5.63. The number of rotatable bonds is 2. The molecule has 0 bridgehead atoms. The van der Waals surface area contributed by atoms with E-state index in [0.29, 0.717) is 5.33 Å². The molecule has 0 heterocycles. The van der Waals surface area contributed by atoms with E-state index in [-0.39, 0.29) is 5.82 Å². The Bertz CT molecular complexity index is 255. The van der Waals surface area contributed by atoms with Crippen molar-refractivity contribution in [1.82, 2.24) is 0 Å². The van der Waals surface area contributed by atoms with E-state index in [1.54, 1.807) is 6.07 Å². The zero-order valence-corrected chi connectivity index (χ0v) is 9.87. The molecule has 0 amide bonds. The topological polar surface area (TPSA) is 0 Å². The zero-order valence-electron chi connectivity index (χ0n) is 6.70. The second kappa shape index (κ2) is 4.38. The van der Waals surface area contributed by atoms with Gasteiger partial charge in [-0.05, 0) is 24.1 Å². The van der Waals surface area contributed by atoms with Gasteiger partial charge >= 0.3 is 0 Å². The van der Waals surface area contributed by atoms with Crippen molar-refractivity contribution in [2.24, 2.45) is 0 Å². The minimum absolute atomic E-state index is 0.132. The first-order chi connectivity index (χ1) is 5.70. The van der Waals surface area contributed by atoms with Crippen molar-refractivity contribution in [3.05, 3.63) is 33.5 Å². The highest BCUT2D eigenvalue weighted by Gasteiger charge is 2.08. The second-order valence-electron chi connectivity index (χ2n) is 2.47. The molecule has 0 N–H and O–H groups in total. The molecule has 0 fully saturated rings.